The van der Waals surface area contributed by atoms with E-state index in [-0.39, 0.29) is 5.92 Å². The van der Waals surface area contributed by atoms with Gasteiger partial charge in [-0.15, -0.1) is 0 Å². The minimum Gasteiger partial charge on any atom is -0.493 e. The van der Waals surface area contributed by atoms with E-state index in [4.69, 9.17) is 4.74 Å². The number of aryl methyl sites for hydroxylation is 1. The molecule has 0 fully saturated rings. The fraction of sp³-hybridized carbons (Fsp3) is 0.294. The minimum atomic E-state index is -3.48. The highest BCUT2D eigenvalue weighted by molar-refractivity contribution is 7.89. The molecule has 0 amide bonds. The van der Waals surface area contributed by atoms with Gasteiger partial charge in [-0.25, -0.2) is 13.1 Å². The van der Waals surface area contributed by atoms with Crippen molar-refractivity contribution in [2.75, 3.05) is 13.2 Å². The fourth-order valence-corrected chi connectivity index (χ4v) is 4.10. The van der Waals surface area contributed by atoms with Gasteiger partial charge in [0.05, 0.1) is 11.5 Å². The van der Waals surface area contributed by atoms with Crippen molar-refractivity contribution in [3.8, 4) is 5.75 Å². The molecule has 1 unspecified atom stereocenters. The third-order valence-electron chi connectivity index (χ3n) is 3.99. The Morgan fingerprint density at radius 2 is 1.86 bits per heavy atom. The van der Waals surface area contributed by atoms with E-state index in [0.717, 1.165) is 23.3 Å². The predicted molar refractivity (Wildman–Crippen MR) is 85.7 cm³/mol. The first-order chi connectivity index (χ1) is 10.6. The summed E-state index contributed by atoms with van der Waals surface area (Å²) in [6.45, 7) is 2.81. The maximum absolute atomic E-state index is 12.5. The number of ether oxygens (including phenoxy) is 1. The van der Waals surface area contributed by atoms with Crippen LogP contribution in [0, 0.1) is 6.92 Å². The molecule has 5 heteroatoms. The van der Waals surface area contributed by atoms with Gasteiger partial charge >= 0.3 is 0 Å². The molecule has 0 bridgehead atoms. The van der Waals surface area contributed by atoms with Crippen molar-refractivity contribution in [1.82, 2.24) is 4.72 Å². The van der Waals surface area contributed by atoms with Crippen LogP contribution in [0.15, 0.2) is 53.4 Å². The van der Waals surface area contributed by atoms with Crippen LogP contribution in [0.25, 0.3) is 0 Å². The van der Waals surface area contributed by atoms with Gasteiger partial charge in [0.25, 0.3) is 0 Å². The first-order valence-electron chi connectivity index (χ1n) is 7.35. The molecule has 0 spiro atoms. The number of sulfonamides is 1. The molecule has 0 radical (unpaired) electrons. The number of fused-ring (bicyclic) bond motifs is 1. The van der Waals surface area contributed by atoms with Crippen molar-refractivity contribution in [2.24, 2.45) is 0 Å². The van der Waals surface area contributed by atoms with Crippen molar-refractivity contribution in [1.29, 1.82) is 0 Å². The van der Waals surface area contributed by atoms with Crippen molar-refractivity contribution < 1.29 is 13.2 Å². The molecule has 3 rings (SSSR count). The second-order valence-corrected chi connectivity index (χ2v) is 7.22. The van der Waals surface area contributed by atoms with E-state index in [2.05, 4.69) is 4.72 Å². The predicted octanol–water partition coefficient (Wildman–Crippen LogP) is 2.84. The number of hydrogen-bond acceptors (Lipinski definition) is 3. The second-order valence-electron chi connectivity index (χ2n) is 5.49. The number of benzene rings is 2. The summed E-state index contributed by atoms with van der Waals surface area (Å²) in [5, 5.41) is 0. The molecular formula is C17H19NO3S. The molecule has 0 aromatic heterocycles. The maximum Gasteiger partial charge on any atom is 0.240 e. The summed E-state index contributed by atoms with van der Waals surface area (Å²) in [6.07, 6.45) is 0.813. The molecule has 4 nitrogen and oxygen atoms in total. The van der Waals surface area contributed by atoms with E-state index in [9.17, 15) is 8.42 Å². The van der Waals surface area contributed by atoms with Gasteiger partial charge in [-0.2, -0.15) is 0 Å². The van der Waals surface area contributed by atoms with Gasteiger partial charge in [-0.05, 0) is 36.6 Å². The molecule has 0 aliphatic carbocycles. The molecule has 22 heavy (non-hydrogen) atoms. The van der Waals surface area contributed by atoms with Crippen molar-refractivity contribution >= 4 is 10.0 Å². The van der Waals surface area contributed by atoms with Gasteiger partial charge in [-0.3, -0.25) is 0 Å². The SMILES string of the molecule is Cc1ccccc1S(=O)(=O)NCC1CCOc2ccccc21. The Morgan fingerprint density at radius 1 is 1.14 bits per heavy atom. The largest absolute Gasteiger partial charge is 0.493 e. The Labute approximate surface area is 131 Å². The molecular weight excluding hydrogens is 298 g/mol. The van der Waals surface area contributed by atoms with Crippen LogP contribution >= 0.6 is 0 Å². The number of hydrogen-bond donors (Lipinski definition) is 1. The molecule has 2 aromatic carbocycles. The minimum absolute atomic E-state index is 0.142. The lowest BCUT2D eigenvalue weighted by Gasteiger charge is -2.26. The lowest BCUT2D eigenvalue weighted by molar-refractivity contribution is 0.267. The molecule has 1 aliphatic heterocycles. The van der Waals surface area contributed by atoms with E-state index < -0.39 is 10.0 Å². The molecule has 0 saturated carbocycles. The molecule has 0 saturated heterocycles. The quantitative estimate of drug-likeness (QED) is 0.943. The van der Waals surface area contributed by atoms with E-state index in [0.29, 0.717) is 18.0 Å². The van der Waals surface area contributed by atoms with Gasteiger partial charge < -0.3 is 4.74 Å². The zero-order valence-electron chi connectivity index (χ0n) is 12.5. The topological polar surface area (TPSA) is 55.4 Å². The van der Waals surface area contributed by atoms with Crippen LogP contribution in [-0.4, -0.2) is 21.6 Å². The van der Waals surface area contributed by atoms with E-state index in [1.54, 1.807) is 25.1 Å². The molecule has 116 valence electrons. The van der Waals surface area contributed by atoms with Crippen LogP contribution < -0.4 is 9.46 Å². The number of rotatable bonds is 4. The lowest BCUT2D eigenvalue weighted by atomic mass is 9.93. The van der Waals surface area contributed by atoms with Gasteiger partial charge in [0.15, 0.2) is 0 Å². The molecule has 2 aromatic rings. The van der Waals surface area contributed by atoms with Crippen molar-refractivity contribution in [2.45, 2.75) is 24.2 Å². The van der Waals surface area contributed by atoms with E-state index in [1.807, 2.05) is 30.3 Å². The van der Waals surface area contributed by atoms with Crippen LogP contribution in [0.1, 0.15) is 23.5 Å². The Bertz CT molecular complexity index is 771. The highest BCUT2D eigenvalue weighted by atomic mass is 32.2. The summed E-state index contributed by atoms with van der Waals surface area (Å²) in [4.78, 5) is 0.343. The molecule has 1 heterocycles. The average molecular weight is 317 g/mol. The van der Waals surface area contributed by atoms with E-state index >= 15 is 0 Å². The summed E-state index contributed by atoms with van der Waals surface area (Å²) in [7, 11) is -3.48. The van der Waals surface area contributed by atoms with Crippen LogP contribution in [0.5, 0.6) is 5.75 Å². The summed E-state index contributed by atoms with van der Waals surface area (Å²) >= 11 is 0. The number of nitrogens with one attached hydrogen (secondary N) is 1. The summed E-state index contributed by atoms with van der Waals surface area (Å²) < 4.78 is 33.3. The maximum atomic E-state index is 12.5. The van der Waals surface area contributed by atoms with Gasteiger partial charge in [0, 0.05) is 12.5 Å². The van der Waals surface area contributed by atoms with Crippen LogP contribution in [-0.2, 0) is 10.0 Å². The van der Waals surface area contributed by atoms with Crippen LogP contribution in [0.4, 0.5) is 0 Å². The average Bonchev–Trinajstić information content (AvgIpc) is 2.53. The third kappa shape index (κ3) is 3.00. The standard InChI is InChI=1S/C17H19NO3S/c1-13-6-2-5-9-17(13)22(19,20)18-12-14-10-11-21-16-8-4-3-7-15(14)16/h2-9,14,18H,10-12H2,1H3. The third-order valence-corrected chi connectivity index (χ3v) is 5.57. The molecule has 1 atom stereocenters. The van der Waals surface area contributed by atoms with Crippen LogP contribution in [0.2, 0.25) is 0 Å². The summed E-state index contributed by atoms with van der Waals surface area (Å²) in [5.74, 6) is 0.998. The zero-order valence-corrected chi connectivity index (χ0v) is 13.3. The Morgan fingerprint density at radius 3 is 2.68 bits per heavy atom. The molecule has 1 N–H and O–H groups in total. The summed E-state index contributed by atoms with van der Waals surface area (Å²) in [6, 6.07) is 14.8. The first-order valence-corrected chi connectivity index (χ1v) is 8.83. The fourth-order valence-electron chi connectivity index (χ4n) is 2.77. The van der Waals surface area contributed by atoms with Gasteiger partial charge in [0.1, 0.15) is 5.75 Å². The normalized spacial score (nSPS) is 17.6. The highest BCUT2D eigenvalue weighted by Gasteiger charge is 2.24. The monoisotopic (exact) mass is 317 g/mol. The van der Waals surface area contributed by atoms with Crippen LogP contribution in [0.3, 0.4) is 0 Å². The Kier molecular flexibility index (Phi) is 4.18. The smallest absolute Gasteiger partial charge is 0.240 e. The zero-order chi connectivity index (χ0) is 15.6. The first kappa shape index (κ1) is 15.1. The van der Waals surface area contributed by atoms with E-state index in [1.165, 1.54) is 0 Å². The lowest BCUT2D eigenvalue weighted by Crippen LogP contribution is -2.31. The summed E-state index contributed by atoms with van der Waals surface area (Å²) in [5.41, 5.74) is 1.82. The van der Waals surface area contributed by atoms with Gasteiger partial charge in [0.2, 0.25) is 10.0 Å². The highest BCUT2D eigenvalue weighted by Crippen LogP contribution is 2.33. The molecule has 1 aliphatic rings. The van der Waals surface area contributed by atoms with Crippen molar-refractivity contribution in [3.05, 3.63) is 59.7 Å². The van der Waals surface area contributed by atoms with Crippen molar-refractivity contribution in [3.63, 3.8) is 0 Å². The Hall–Kier alpha value is -1.85. The second kappa shape index (κ2) is 6.10. The van der Waals surface area contributed by atoms with Gasteiger partial charge in [-0.1, -0.05) is 36.4 Å². The Balaban J connectivity index is 1.77. The number of para-hydroxylation sites is 1.